The second-order valence-corrected chi connectivity index (χ2v) is 6.58. The van der Waals surface area contributed by atoms with Gasteiger partial charge in [0.05, 0.1) is 5.41 Å². The van der Waals surface area contributed by atoms with Crippen molar-refractivity contribution in [2.75, 3.05) is 13.1 Å². The van der Waals surface area contributed by atoms with E-state index in [1.165, 1.54) is 32.1 Å². The Morgan fingerprint density at radius 3 is 2.24 bits per heavy atom. The molecular formula is C18H25NO2. The highest BCUT2D eigenvalue weighted by molar-refractivity contribution is 5.81. The van der Waals surface area contributed by atoms with Crippen LogP contribution in [0.4, 0.5) is 0 Å². The van der Waals surface area contributed by atoms with Crippen LogP contribution in [-0.2, 0) is 10.2 Å². The van der Waals surface area contributed by atoms with E-state index in [4.69, 9.17) is 0 Å². The molecule has 2 aliphatic rings. The maximum absolute atomic E-state index is 11.9. The molecule has 2 fully saturated rings. The molecule has 1 heterocycles. The van der Waals surface area contributed by atoms with Gasteiger partial charge in [0.15, 0.2) is 0 Å². The summed E-state index contributed by atoms with van der Waals surface area (Å²) >= 11 is 0. The molecule has 21 heavy (non-hydrogen) atoms. The van der Waals surface area contributed by atoms with Gasteiger partial charge in [-0.05, 0) is 44.3 Å². The normalized spacial score (nSPS) is 23.8. The topological polar surface area (TPSA) is 40.5 Å². The number of carboxylic acid groups (broad SMARTS) is 1. The second kappa shape index (κ2) is 6.18. The lowest BCUT2D eigenvalue weighted by atomic mass is 9.72. The van der Waals surface area contributed by atoms with Crippen LogP contribution in [0.2, 0.25) is 0 Å². The van der Waals surface area contributed by atoms with Gasteiger partial charge in [0.2, 0.25) is 0 Å². The van der Waals surface area contributed by atoms with Crippen molar-refractivity contribution >= 4 is 5.97 Å². The minimum Gasteiger partial charge on any atom is -0.481 e. The smallest absolute Gasteiger partial charge is 0.314 e. The first kappa shape index (κ1) is 14.6. The Morgan fingerprint density at radius 2 is 1.67 bits per heavy atom. The SMILES string of the molecule is O=C(O)C1(c2ccccc2)CCN(C2CCCCC2)CC1. The van der Waals surface area contributed by atoms with Gasteiger partial charge in [-0.15, -0.1) is 0 Å². The van der Waals surface area contributed by atoms with Gasteiger partial charge in [-0.25, -0.2) is 0 Å². The molecule has 1 aliphatic carbocycles. The summed E-state index contributed by atoms with van der Waals surface area (Å²) < 4.78 is 0. The summed E-state index contributed by atoms with van der Waals surface area (Å²) in [5, 5.41) is 9.82. The monoisotopic (exact) mass is 287 g/mol. The van der Waals surface area contributed by atoms with Gasteiger partial charge in [-0.1, -0.05) is 49.6 Å². The van der Waals surface area contributed by atoms with Crippen molar-refractivity contribution < 1.29 is 9.90 Å². The number of nitrogens with zero attached hydrogens (tertiary/aromatic N) is 1. The molecule has 0 spiro atoms. The Kier molecular flexibility index (Phi) is 4.29. The highest BCUT2D eigenvalue weighted by Crippen LogP contribution is 2.37. The zero-order valence-electron chi connectivity index (χ0n) is 12.6. The Hall–Kier alpha value is -1.35. The van der Waals surface area contributed by atoms with Crippen molar-refractivity contribution in [3.63, 3.8) is 0 Å². The molecule has 1 N–H and O–H groups in total. The predicted octanol–water partition coefficient (Wildman–Crippen LogP) is 3.44. The van der Waals surface area contributed by atoms with Crippen molar-refractivity contribution in [1.82, 2.24) is 4.90 Å². The fraction of sp³-hybridized carbons (Fsp3) is 0.611. The summed E-state index contributed by atoms with van der Waals surface area (Å²) in [6.07, 6.45) is 8.11. The number of aliphatic carboxylic acids is 1. The van der Waals surface area contributed by atoms with Crippen LogP contribution in [0.15, 0.2) is 30.3 Å². The van der Waals surface area contributed by atoms with Gasteiger partial charge in [-0.3, -0.25) is 4.79 Å². The molecule has 0 aromatic heterocycles. The number of likely N-dealkylation sites (tertiary alicyclic amines) is 1. The standard InChI is InChI=1S/C18H25NO2/c20-17(21)18(15-7-3-1-4-8-15)11-13-19(14-12-18)16-9-5-2-6-10-16/h1,3-4,7-8,16H,2,5-6,9-14H2,(H,20,21). The fourth-order valence-corrected chi connectivity index (χ4v) is 4.10. The first-order chi connectivity index (χ1) is 10.2. The molecule has 1 aromatic carbocycles. The van der Waals surface area contributed by atoms with Gasteiger partial charge in [0.25, 0.3) is 0 Å². The number of piperidine rings is 1. The molecule has 1 aliphatic heterocycles. The van der Waals surface area contributed by atoms with Crippen molar-refractivity contribution in [3.05, 3.63) is 35.9 Å². The summed E-state index contributed by atoms with van der Waals surface area (Å²) in [5.41, 5.74) is 0.299. The molecule has 0 radical (unpaired) electrons. The third-order valence-electron chi connectivity index (χ3n) is 5.48. The average Bonchev–Trinajstić information content (AvgIpc) is 2.56. The molecule has 0 amide bonds. The molecule has 1 saturated carbocycles. The predicted molar refractivity (Wildman–Crippen MR) is 83.4 cm³/mol. The average molecular weight is 287 g/mol. The Bertz CT molecular complexity index is 471. The number of hydrogen-bond acceptors (Lipinski definition) is 2. The van der Waals surface area contributed by atoms with Crippen LogP contribution in [-0.4, -0.2) is 35.1 Å². The maximum Gasteiger partial charge on any atom is 0.314 e. The number of rotatable bonds is 3. The van der Waals surface area contributed by atoms with E-state index in [0.717, 1.165) is 31.5 Å². The summed E-state index contributed by atoms with van der Waals surface area (Å²) in [6.45, 7) is 1.84. The zero-order valence-corrected chi connectivity index (χ0v) is 12.6. The van der Waals surface area contributed by atoms with E-state index in [-0.39, 0.29) is 0 Å². The molecule has 0 unspecified atom stereocenters. The van der Waals surface area contributed by atoms with E-state index in [9.17, 15) is 9.90 Å². The lowest BCUT2D eigenvalue weighted by molar-refractivity contribution is -0.146. The third-order valence-corrected chi connectivity index (χ3v) is 5.48. The Morgan fingerprint density at radius 1 is 1.05 bits per heavy atom. The minimum absolute atomic E-state index is 0.656. The van der Waals surface area contributed by atoms with Crippen molar-refractivity contribution in [1.29, 1.82) is 0 Å². The van der Waals surface area contributed by atoms with Crippen molar-refractivity contribution in [2.45, 2.75) is 56.4 Å². The Labute approximate surface area is 127 Å². The molecular weight excluding hydrogens is 262 g/mol. The number of carboxylic acids is 1. The van der Waals surface area contributed by atoms with Crippen molar-refractivity contribution in [2.24, 2.45) is 0 Å². The minimum atomic E-state index is -0.674. The van der Waals surface area contributed by atoms with Crippen LogP contribution < -0.4 is 0 Å². The van der Waals surface area contributed by atoms with Gasteiger partial charge < -0.3 is 10.0 Å². The summed E-state index contributed by atoms with van der Waals surface area (Å²) in [6, 6.07) is 10.5. The highest BCUT2D eigenvalue weighted by atomic mass is 16.4. The lowest BCUT2D eigenvalue weighted by Crippen LogP contribution is -2.50. The van der Waals surface area contributed by atoms with Crippen LogP contribution in [0, 0.1) is 0 Å². The third kappa shape index (κ3) is 2.84. The molecule has 0 bridgehead atoms. The molecule has 114 valence electrons. The first-order valence-electron chi connectivity index (χ1n) is 8.25. The van der Waals surface area contributed by atoms with Gasteiger partial charge >= 0.3 is 5.97 Å². The second-order valence-electron chi connectivity index (χ2n) is 6.58. The van der Waals surface area contributed by atoms with E-state index < -0.39 is 11.4 Å². The van der Waals surface area contributed by atoms with Crippen LogP contribution in [0.3, 0.4) is 0 Å². The maximum atomic E-state index is 11.9. The van der Waals surface area contributed by atoms with E-state index in [0.29, 0.717) is 6.04 Å². The summed E-state index contributed by atoms with van der Waals surface area (Å²) in [4.78, 5) is 14.5. The first-order valence-corrected chi connectivity index (χ1v) is 8.25. The quantitative estimate of drug-likeness (QED) is 0.926. The number of hydrogen-bond donors (Lipinski definition) is 1. The molecule has 1 saturated heterocycles. The fourth-order valence-electron chi connectivity index (χ4n) is 4.10. The van der Waals surface area contributed by atoms with E-state index >= 15 is 0 Å². The molecule has 3 nitrogen and oxygen atoms in total. The van der Waals surface area contributed by atoms with Crippen LogP contribution in [0.25, 0.3) is 0 Å². The lowest BCUT2D eigenvalue weighted by Gasteiger charge is -2.43. The number of benzene rings is 1. The molecule has 0 atom stereocenters. The molecule has 3 heteroatoms. The largest absolute Gasteiger partial charge is 0.481 e. The number of carbonyl (C=O) groups is 1. The van der Waals surface area contributed by atoms with Crippen LogP contribution in [0.5, 0.6) is 0 Å². The van der Waals surface area contributed by atoms with E-state index in [1.807, 2.05) is 30.3 Å². The van der Waals surface area contributed by atoms with Gasteiger partial charge in [0.1, 0.15) is 0 Å². The zero-order chi connectivity index (χ0) is 14.7. The summed E-state index contributed by atoms with van der Waals surface area (Å²) in [7, 11) is 0. The molecule has 1 aromatic rings. The molecule has 3 rings (SSSR count). The van der Waals surface area contributed by atoms with Crippen molar-refractivity contribution in [3.8, 4) is 0 Å². The summed E-state index contributed by atoms with van der Waals surface area (Å²) in [5.74, 6) is -0.656. The van der Waals surface area contributed by atoms with E-state index in [2.05, 4.69) is 4.90 Å². The Balaban J connectivity index is 1.73. The van der Waals surface area contributed by atoms with Gasteiger partial charge in [-0.2, -0.15) is 0 Å². The van der Waals surface area contributed by atoms with E-state index in [1.54, 1.807) is 0 Å². The highest BCUT2D eigenvalue weighted by Gasteiger charge is 2.43. The van der Waals surface area contributed by atoms with Gasteiger partial charge in [0, 0.05) is 6.04 Å². The van der Waals surface area contributed by atoms with Crippen LogP contribution in [0.1, 0.15) is 50.5 Å². The van der Waals surface area contributed by atoms with Crippen LogP contribution >= 0.6 is 0 Å².